The van der Waals surface area contributed by atoms with Gasteiger partial charge in [-0.15, -0.1) is 0 Å². The summed E-state index contributed by atoms with van der Waals surface area (Å²) in [6.07, 6.45) is 3.50. The van der Waals surface area contributed by atoms with Crippen LogP contribution in [0.25, 0.3) is 22.5 Å². The van der Waals surface area contributed by atoms with Crippen molar-refractivity contribution in [3.05, 3.63) is 72.6 Å². The molecule has 3 aromatic rings. The Hall–Kier alpha value is -3.01. The molecule has 0 atom stereocenters. The molecule has 0 fully saturated rings. The zero-order chi connectivity index (χ0) is 14.7. The fourth-order valence-electron chi connectivity index (χ4n) is 2.04. The monoisotopic (exact) mass is 276 g/mol. The minimum Gasteiger partial charge on any atom is -0.478 e. The molecule has 1 N–H and O–H groups in total. The molecular formula is C17H12N2O2. The van der Waals surface area contributed by atoms with Gasteiger partial charge >= 0.3 is 5.97 Å². The van der Waals surface area contributed by atoms with Gasteiger partial charge in [-0.05, 0) is 35.9 Å². The first-order valence-corrected chi connectivity index (χ1v) is 6.45. The average Bonchev–Trinajstić information content (AvgIpc) is 2.56. The van der Waals surface area contributed by atoms with Crippen molar-refractivity contribution in [1.29, 1.82) is 0 Å². The molecule has 0 aliphatic rings. The molecule has 0 spiro atoms. The third-order valence-corrected chi connectivity index (χ3v) is 3.16. The number of hydrogen-bond acceptors (Lipinski definition) is 3. The fourth-order valence-corrected chi connectivity index (χ4v) is 2.04. The standard InChI is InChI=1S/C17H12N2O2/c20-17(21)13-6-4-12(5-7-13)14-8-9-16(19-11-14)15-3-1-2-10-18-15/h1-11H,(H,20,21). The number of carbonyl (C=O) groups is 1. The van der Waals surface area contributed by atoms with Crippen LogP contribution in [-0.4, -0.2) is 21.0 Å². The second-order valence-corrected chi connectivity index (χ2v) is 4.53. The van der Waals surface area contributed by atoms with Crippen LogP contribution in [0, 0.1) is 0 Å². The predicted octanol–water partition coefficient (Wildman–Crippen LogP) is 3.51. The maximum Gasteiger partial charge on any atom is 0.335 e. The van der Waals surface area contributed by atoms with Crippen LogP contribution >= 0.6 is 0 Å². The molecule has 0 aliphatic heterocycles. The highest BCUT2D eigenvalue weighted by atomic mass is 16.4. The maximum atomic E-state index is 10.8. The molecule has 0 saturated heterocycles. The first-order valence-electron chi connectivity index (χ1n) is 6.45. The van der Waals surface area contributed by atoms with Gasteiger partial charge in [0.25, 0.3) is 0 Å². The molecule has 2 aromatic heterocycles. The van der Waals surface area contributed by atoms with Gasteiger partial charge < -0.3 is 5.11 Å². The van der Waals surface area contributed by atoms with E-state index in [0.717, 1.165) is 22.5 Å². The highest BCUT2D eigenvalue weighted by Crippen LogP contribution is 2.21. The lowest BCUT2D eigenvalue weighted by molar-refractivity contribution is 0.0697. The Morgan fingerprint density at radius 3 is 2.10 bits per heavy atom. The number of pyridine rings is 2. The molecule has 1 aromatic carbocycles. The Morgan fingerprint density at radius 2 is 1.52 bits per heavy atom. The largest absolute Gasteiger partial charge is 0.478 e. The zero-order valence-electron chi connectivity index (χ0n) is 11.1. The second-order valence-electron chi connectivity index (χ2n) is 4.53. The van der Waals surface area contributed by atoms with Crippen molar-refractivity contribution in [3.63, 3.8) is 0 Å². The Kier molecular flexibility index (Phi) is 3.43. The van der Waals surface area contributed by atoms with E-state index in [9.17, 15) is 4.79 Å². The van der Waals surface area contributed by atoms with Gasteiger partial charge in [0.05, 0.1) is 17.0 Å². The number of carboxylic acids is 1. The lowest BCUT2D eigenvalue weighted by atomic mass is 10.1. The van der Waals surface area contributed by atoms with Gasteiger partial charge in [-0.3, -0.25) is 9.97 Å². The van der Waals surface area contributed by atoms with Gasteiger partial charge in [0.15, 0.2) is 0 Å². The van der Waals surface area contributed by atoms with Crippen LogP contribution in [-0.2, 0) is 0 Å². The molecule has 0 aliphatic carbocycles. The molecule has 0 radical (unpaired) electrons. The fraction of sp³-hybridized carbons (Fsp3) is 0. The van der Waals surface area contributed by atoms with E-state index in [4.69, 9.17) is 5.11 Å². The number of aromatic carboxylic acids is 1. The third-order valence-electron chi connectivity index (χ3n) is 3.16. The summed E-state index contributed by atoms with van der Waals surface area (Å²) in [6.45, 7) is 0. The van der Waals surface area contributed by atoms with Crippen LogP contribution in [0.3, 0.4) is 0 Å². The van der Waals surface area contributed by atoms with Crippen molar-refractivity contribution in [2.45, 2.75) is 0 Å². The lowest BCUT2D eigenvalue weighted by Crippen LogP contribution is -1.95. The number of hydrogen-bond donors (Lipinski definition) is 1. The van der Waals surface area contributed by atoms with E-state index in [0.29, 0.717) is 0 Å². The van der Waals surface area contributed by atoms with Gasteiger partial charge in [0, 0.05) is 18.0 Å². The van der Waals surface area contributed by atoms with Crippen molar-refractivity contribution < 1.29 is 9.90 Å². The molecule has 4 nitrogen and oxygen atoms in total. The van der Waals surface area contributed by atoms with E-state index in [1.165, 1.54) is 0 Å². The number of nitrogens with zero attached hydrogens (tertiary/aromatic N) is 2. The lowest BCUT2D eigenvalue weighted by Gasteiger charge is -2.04. The van der Waals surface area contributed by atoms with Crippen LogP contribution in [0.2, 0.25) is 0 Å². The number of rotatable bonds is 3. The minimum atomic E-state index is -0.926. The summed E-state index contributed by atoms with van der Waals surface area (Å²) >= 11 is 0. The molecule has 0 amide bonds. The zero-order valence-corrected chi connectivity index (χ0v) is 11.1. The van der Waals surface area contributed by atoms with Crippen molar-refractivity contribution in [2.75, 3.05) is 0 Å². The van der Waals surface area contributed by atoms with Crippen molar-refractivity contribution in [2.24, 2.45) is 0 Å². The summed E-state index contributed by atoms with van der Waals surface area (Å²) in [5, 5.41) is 8.89. The summed E-state index contributed by atoms with van der Waals surface area (Å²) in [7, 11) is 0. The molecule has 21 heavy (non-hydrogen) atoms. The van der Waals surface area contributed by atoms with Gasteiger partial charge in [-0.2, -0.15) is 0 Å². The Labute approximate surface area is 121 Å². The Balaban J connectivity index is 1.89. The first-order chi connectivity index (χ1) is 10.2. The van der Waals surface area contributed by atoms with E-state index in [1.54, 1.807) is 36.7 Å². The number of carboxylic acid groups (broad SMARTS) is 1. The van der Waals surface area contributed by atoms with E-state index < -0.39 is 5.97 Å². The molecule has 0 bridgehead atoms. The van der Waals surface area contributed by atoms with Crippen LogP contribution < -0.4 is 0 Å². The molecule has 0 unspecified atom stereocenters. The highest BCUT2D eigenvalue weighted by Gasteiger charge is 2.04. The SMILES string of the molecule is O=C(O)c1ccc(-c2ccc(-c3ccccn3)nc2)cc1. The quantitative estimate of drug-likeness (QED) is 0.795. The summed E-state index contributed by atoms with van der Waals surface area (Å²) in [5.74, 6) is -0.926. The van der Waals surface area contributed by atoms with Crippen molar-refractivity contribution in [1.82, 2.24) is 9.97 Å². The molecule has 3 rings (SSSR count). The second kappa shape index (κ2) is 5.54. The molecular weight excluding hydrogens is 264 g/mol. The molecule has 0 saturated carbocycles. The molecule has 4 heteroatoms. The smallest absolute Gasteiger partial charge is 0.335 e. The van der Waals surface area contributed by atoms with E-state index in [2.05, 4.69) is 9.97 Å². The third kappa shape index (κ3) is 2.79. The van der Waals surface area contributed by atoms with Crippen LogP contribution in [0.1, 0.15) is 10.4 Å². The minimum absolute atomic E-state index is 0.275. The van der Waals surface area contributed by atoms with Gasteiger partial charge in [0.1, 0.15) is 0 Å². The Bertz CT molecular complexity index is 751. The van der Waals surface area contributed by atoms with Crippen LogP contribution in [0.15, 0.2) is 67.0 Å². The van der Waals surface area contributed by atoms with Crippen molar-refractivity contribution in [3.8, 4) is 22.5 Å². The number of aromatic nitrogens is 2. The normalized spacial score (nSPS) is 10.3. The van der Waals surface area contributed by atoms with E-state index in [1.807, 2.05) is 30.3 Å². The Morgan fingerprint density at radius 1 is 0.810 bits per heavy atom. The van der Waals surface area contributed by atoms with Crippen molar-refractivity contribution >= 4 is 5.97 Å². The van der Waals surface area contributed by atoms with Gasteiger partial charge in [0.2, 0.25) is 0 Å². The van der Waals surface area contributed by atoms with Crippen LogP contribution in [0.4, 0.5) is 0 Å². The van der Waals surface area contributed by atoms with Crippen LogP contribution in [0.5, 0.6) is 0 Å². The summed E-state index contributed by atoms with van der Waals surface area (Å²) < 4.78 is 0. The van der Waals surface area contributed by atoms with Gasteiger partial charge in [-0.1, -0.05) is 24.3 Å². The average molecular weight is 276 g/mol. The highest BCUT2D eigenvalue weighted by molar-refractivity contribution is 5.88. The molecule has 102 valence electrons. The maximum absolute atomic E-state index is 10.8. The summed E-state index contributed by atoms with van der Waals surface area (Å²) in [5.41, 5.74) is 3.77. The van der Waals surface area contributed by atoms with E-state index in [-0.39, 0.29) is 5.56 Å². The summed E-state index contributed by atoms with van der Waals surface area (Å²) in [6, 6.07) is 16.3. The molecule has 2 heterocycles. The summed E-state index contributed by atoms with van der Waals surface area (Å²) in [4.78, 5) is 19.5. The number of benzene rings is 1. The first kappa shape index (κ1) is 13.0. The van der Waals surface area contributed by atoms with Gasteiger partial charge in [-0.25, -0.2) is 4.79 Å². The predicted molar refractivity (Wildman–Crippen MR) is 79.9 cm³/mol. The topological polar surface area (TPSA) is 63.1 Å². The van der Waals surface area contributed by atoms with E-state index >= 15 is 0 Å².